The van der Waals surface area contributed by atoms with Crippen LogP contribution in [0.4, 0.5) is 5.69 Å². The number of allylic oxidation sites excluding steroid dienone is 1. The van der Waals surface area contributed by atoms with E-state index in [0.717, 1.165) is 0 Å². The summed E-state index contributed by atoms with van der Waals surface area (Å²) < 4.78 is 32.2. The van der Waals surface area contributed by atoms with Gasteiger partial charge in [0.05, 0.1) is 0 Å². The zero-order valence-corrected chi connectivity index (χ0v) is 13.7. The predicted molar refractivity (Wildman–Crippen MR) is 88.5 cm³/mol. The molecule has 0 radical (unpaired) electrons. The number of hydrogen-bond donors (Lipinski definition) is 3. The monoisotopic (exact) mass is 349 g/mol. The molecule has 126 valence electrons. The molecule has 0 unspecified atom stereocenters. The molecule has 0 aliphatic carbocycles. The van der Waals surface area contributed by atoms with E-state index in [0.29, 0.717) is 11.1 Å². The normalized spacial score (nSPS) is 13.1. The molecule has 3 N–H and O–H groups in total. The number of amides is 1. The van der Waals surface area contributed by atoms with E-state index in [9.17, 15) is 22.9 Å². The van der Waals surface area contributed by atoms with Crippen LogP contribution in [0.3, 0.4) is 0 Å². The van der Waals surface area contributed by atoms with E-state index >= 15 is 0 Å². The smallest absolute Gasteiger partial charge is 0.295 e. The molecule has 2 rings (SSSR count). The van der Waals surface area contributed by atoms with Crippen molar-refractivity contribution in [1.29, 1.82) is 0 Å². The van der Waals surface area contributed by atoms with Crippen LogP contribution in [0.25, 0.3) is 10.8 Å². The SMILES string of the molecule is CN=N/C(C(=O)Nc1cccc2c(S(=O)(=O)O)cccc12)=C(\C)O. The molecule has 0 aliphatic rings. The van der Waals surface area contributed by atoms with E-state index in [2.05, 4.69) is 15.5 Å². The highest BCUT2D eigenvalue weighted by atomic mass is 32.2. The molecule has 0 atom stereocenters. The zero-order valence-electron chi connectivity index (χ0n) is 12.9. The lowest BCUT2D eigenvalue weighted by atomic mass is 10.1. The average Bonchev–Trinajstić information content (AvgIpc) is 2.51. The van der Waals surface area contributed by atoms with Crippen LogP contribution < -0.4 is 5.32 Å². The van der Waals surface area contributed by atoms with Crippen LogP contribution in [0, 0.1) is 0 Å². The fourth-order valence-corrected chi connectivity index (χ4v) is 2.89. The molecule has 8 nitrogen and oxygen atoms in total. The standard InChI is InChI=1S/C15H15N3O5S/c1-9(19)14(18-16-2)15(20)17-12-7-3-6-11-10(12)5-4-8-13(11)24(21,22)23/h3-8,19H,1-2H3,(H,17,20)(H,21,22,23)/b14-9+,18-16?. The van der Waals surface area contributed by atoms with E-state index in [-0.39, 0.29) is 21.7 Å². The van der Waals surface area contributed by atoms with E-state index in [1.807, 2.05) is 0 Å². The van der Waals surface area contributed by atoms with Crippen LogP contribution in [0.2, 0.25) is 0 Å². The Labute approximate surface area is 138 Å². The van der Waals surface area contributed by atoms with Gasteiger partial charge in [0.1, 0.15) is 10.7 Å². The summed E-state index contributed by atoms with van der Waals surface area (Å²) in [5, 5.41) is 19.7. The Morgan fingerprint density at radius 1 is 1.12 bits per heavy atom. The maximum Gasteiger partial charge on any atom is 0.295 e. The molecular formula is C15H15N3O5S. The minimum atomic E-state index is -4.41. The number of fused-ring (bicyclic) bond motifs is 1. The molecule has 0 fully saturated rings. The topological polar surface area (TPSA) is 128 Å². The van der Waals surface area contributed by atoms with Crippen LogP contribution >= 0.6 is 0 Å². The first-order valence-electron chi connectivity index (χ1n) is 6.76. The maximum atomic E-state index is 12.2. The molecule has 24 heavy (non-hydrogen) atoms. The quantitative estimate of drug-likeness (QED) is 0.338. The Kier molecular flexibility index (Phi) is 4.96. The fraction of sp³-hybridized carbons (Fsp3) is 0.133. The lowest BCUT2D eigenvalue weighted by molar-refractivity contribution is -0.113. The first-order chi connectivity index (χ1) is 11.3. The average molecular weight is 349 g/mol. The Hall–Kier alpha value is -2.78. The van der Waals surface area contributed by atoms with E-state index in [1.165, 1.54) is 38.2 Å². The van der Waals surface area contributed by atoms with Crippen molar-refractivity contribution in [1.82, 2.24) is 0 Å². The number of aliphatic hydroxyl groups is 1. The van der Waals surface area contributed by atoms with Gasteiger partial charge < -0.3 is 10.4 Å². The highest BCUT2D eigenvalue weighted by Crippen LogP contribution is 2.29. The van der Waals surface area contributed by atoms with Crippen LogP contribution in [0.5, 0.6) is 0 Å². The highest BCUT2D eigenvalue weighted by Gasteiger charge is 2.17. The number of carbonyl (C=O) groups is 1. The third-order valence-electron chi connectivity index (χ3n) is 3.17. The van der Waals surface area contributed by atoms with Crippen molar-refractivity contribution in [2.75, 3.05) is 12.4 Å². The van der Waals surface area contributed by atoms with Crippen molar-refractivity contribution in [2.24, 2.45) is 10.2 Å². The van der Waals surface area contributed by atoms with Crippen LogP contribution in [-0.2, 0) is 14.9 Å². The number of benzene rings is 2. The second-order valence-corrected chi connectivity index (χ2v) is 6.21. The second-order valence-electron chi connectivity index (χ2n) is 4.82. The van der Waals surface area contributed by atoms with Crippen molar-refractivity contribution >= 4 is 32.5 Å². The first-order valence-corrected chi connectivity index (χ1v) is 8.20. The van der Waals surface area contributed by atoms with Gasteiger partial charge in [-0.3, -0.25) is 9.35 Å². The van der Waals surface area contributed by atoms with Gasteiger partial charge in [-0.15, -0.1) is 5.11 Å². The number of hydrogen-bond acceptors (Lipinski definition) is 6. The Morgan fingerprint density at radius 3 is 2.33 bits per heavy atom. The van der Waals surface area contributed by atoms with Crippen LogP contribution in [-0.4, -0.2) is 31.0 Å². The lowest BCUT2D eigenvalue weighted by Gasteiger charge is -2.10. The van der Waals surface area contributed by atoms with Crippen molar-refractivity contribution < 1.29 is 22.9 Å². The Bertz CT molecular complexity index is 960. The molecule has 0 saturated heterocycles. The van der Waals surface area contributed by atoms with Crippen molar-refractivity contribution in [3.63, 3.8) is 0 Å². The minimum absolute atomic E-state index is 0.251. The Morgan fingerprint density at radius 2 is 1.75 bits per heavy atom. The molecule has 2 aromatic carbocycles. The van der Waals surface area contributed by atoms with E-state index < -0.39 is 16.0 Å². The zero-order chi connectivity index (χ0) is 17.9. The van der Waals surface area contributed by atoms with Gasteiger partial charge >= 0.3 is 0 Å². The number of nitrogens with one attached hydrogen (secondary N) is 1. The summed E-state index contributed by atoms with van der Waals surface area (Å²) in [4.78, 5) is 12.0. The van der Waals surface area contributed by atoms with Gasteiger partial charge in [-0.2, -0.15) is 13.5 Å². The van der Waals surface area contributed by atoms with Crippen molar-refractivity contribution in [3.05, 3.63) is 47.9 Å². The van der Waals surface area contributed by atoms with Gasteiger partial charge in [0, 0.05) is 23.5 Å². The van der Waals surface area contributed by atoms with Gasteiger partial charge in [-0.25, -0.2) is 0 Å². The number of anilines is 1. The van der Waals surface area contributed by atoms with Gasteiger partial charge in [0.2, 0.25) is 0 Å². The number of aliphatic hydroxyl groups excluding tert-OH is 1. The lowest BCUT2D eigenvalue weighted by Crippen LogP contribution is -2.15. The van der Waals surface area contributed by atoms with Gasteiger partial charge in [0.25, 0.3) is 16.0 Å². The van der Waals surface area contributed by atoms with E-state index in [1.54, 1.807) is 12.1 Å². The largest absolute Gasteiger partial charge is 0.510 e. The summed E-state index contributed by atoms with van der Waals surface area (Å²) in [6.07, 6.45) is 0. The molecule has 0 bridgehead atoms. The van der Waals surface area contributed by atoms with Crippen molar-refractivity contribution in [3.8, 4) is 0 Å². The second kappa shape index (κ2) is 6.77. The Balaban J connectivity index is 2.56. The number of rotatable bonds is 4. The highest BCUT2D eigenvalue weighted by molar-refractivity contribution is 7.86. The van der Waals surface area contributed by atoms with Gasteiger partial charge in [-0.1, -0.05) is 24.3 Å². The first kappa shape index (κ1) is 17.6. The van der Waals surface area contributed by atoms with Crippen molar-refractivity contribution in [2.45, 2.75) is 11.8 Å². The predicted octanol–water partition coefficient (Wildman–Crippen LogP) is 2.90. The maximum absolute atomic E-state index is 12.2. The summed E-state index contributed by atoms with van der Waals surface area (Å²) in [7, 11) is -3.05. The molecule has 0 spiro atoms. The summed E-state index contributed by atoms with van der Waals surface area (Å²) >= 11 is 0. The molecule has 9 heteroatoms. The molecule has 0 aromatic heterocycles. The fourth-order valence-electron chi connectivity index (χ4n) is 2.18. The van der Waals surface area contributed by atoms with E-state index in [4.69, 9.17) is 0 Å². The summed E-state index contributed by atoms with van der Waals surface area (Å²) in [5.41, 5.74) is 0.0356. The molecule has 0 heterocycles. The number of nitrogens with zero attached hydrogens (tertiary/aromatic N) is 2. The number of azo groups is 1. The molecule has 0 saturated carbocycles. The molecule has 1 amide bonds. The molecule has 2 aromatic rings. The van der Waals surface area contributed by atoms with Gasteiger partial charge in [0.15, 0.2) is 5.70 Å². The van der Waals surface area contributed by atoms with Gasteiger partial charge in [-0.05, 0) is 19.1 Å². The van der Waals surface area contributed by atoms with Crippen LogP contribution in [0.1, 0.15) is 6.92 Å². The molecule has 0 aliphatic heterocycles. The third-order valence-corrected chi connectivity index (χ3v) is 4.08. The molecular weight excluding hydrogens is 334 g/mol. The summed E-state index contributed by atoms with van der Waals surface area (Å²) in [6, 6.07) is 8.90. The van der Waals surface area contributed by atoms with Crippen LogP contribution in [0.15, 0.2) is 63.0 Å². The number of carbonyl (C=O) groups excluding carboxylic acids is 1. The minimum Gasteiger partial charge on any atom is -0.510 e. The summed E-state index contributed by atoms with van der Waals surface area (Å²) in [6.45, 7) is 1.29. The summed E-state index contributed by atoms with van der Waals surface area (Å²) in [5.74, 6) is -1.01. The third kappa shape index (κ3) is 3.58.